The Hall–Kier alpha value is -1.38. The number of aliphatic hydroxyl groups is 1. The molecule has 0 aromatic heterocycles. The summed E-state index contributed by atoms with van der Waals surface area (Å²) in [7, 11) is 0. The lowest BCUT2D eigenvalue weighted by Crippen LogP contribution is -2.23. The number of fused-ring (bicyclic) bond motifs is 1. The molecule has 2 atom stereocenters. The highest BCUT2D eigenvalue weighted by Gasteiger charge is 2.13. The van der Waals surface area contributed by atoms with E-state index in [1.807, 2.05) is 42.5 Å². The van der Waals surface area contributed by atoms with Gasteiger partial charge in [-0.2, -0.15) is 0 Å². The van der Waals surface area contributed by atoms with Crippen LogP contribution in [0.5, 0.6) is 0 Å². The molecule has 0 amide bonds. The van der Waals surface area contributed by atoms with Gasteiger partial charge in [0.05, 0.1) is 12.1 Å². The number of benzene rings is 2. The fourth-order valence-electron chi connectivity index (χ4n) is 1.80. The SMILES string of the molecule is CC(O)C(N)c1cccc2ccccc12. The molecule has 78 valence electrons. The van der Waals surface area contributed by atoms with E-state index in [4.69, 9.17) is 5.73 Å². The molecule has 0 spiro atoms. The molecule has 2 heteroatoms. The van der Waals surface area contributed by atoms with Crippen LogP contribution < -0.4 is 5.73 Å². The van der Waals surface area contributed by atoms with E-state index in [0.29, 0.717) is 0 Å². The lowest BCUT2D eigenvalue weighted by molar-refractivity contribution is 0.165. The first kappa shape index (κ1) is 10.1. The smallest absolute Gasteiger partial charge is 0.0704 e. The summed E-state index contributed by atoms with van der Waals surface area (Å²) in [6, 6.07) is 13.7. The van der Waals surface area contributed by atoms with Gasteiger partial charge in [-0.25, -0.2) is 0 Å². The molecule has 0 fully saturated rings. The van der Waals surface area contributed by atoms with E-state index >= 15 is 0 Å². The normalized spacial score (nSPS) is 15.1. The van der Waals surface area contributed by atoms with Gasteiger partial charge in [-0.15, -0.1) is 0 Å². The van der Waals surface area contributed by atoms with Gasteiger partial charge in [-0.1, -0.05) is 42.5 Å². The quantitative estimate of drug-likeness (QED) is 0.782. The number of nitrogens with two attached hydrogens (primary N) is 1. The van der Waals surface area contributed by atoms with Crippen molar-refractivity contribution >= 4 is 10.8 Å². The molecule has 2 nitrogen and oxygen atoms in total. The van der Waals surface area contributed by atoms with E-state index in [2.05, 4.69) is 0 Å². The maximum Gasteiger partial charge on any atom is 0.0704 e. The molecule has 15 heavy (non-hydrogen) atoms. The van der Waals surface area contributed by atoms with E-state index in [1.54, 1.807) is 6.92 Å². The van der Waals surface area contributed by atoms with Crippen LogP contribution in [0.3, 0.4) is 0 Å². The van der Waals surface area contributed by atoms with E-state index in [1.165, 1.54) is 0 Å². The lowest BCUT2D eigenvalue weighted by atomic mass is 9.97. The third kappa shape index (κ3) is 1.87. The zero-order valence-corrected chi connectivity index (χ0v) is 8.72. The summed E-state index contributed by atoms with van der Waals surface area (Å²) >= 11 is 0. The van der Waals surface area contributed by atoms with Gasteiger partial charge in [-0.3, -0.25) is 0 Å². The predicted octanol–water partition coefficient (Wildman–Crippen LogP) is 2.22. The second-order valence-corrected chi connectivity index (χ2v) is 3.83. The van der Waals surface area contributed by atoms with E-state index in [0.717, 1.165) is 16.3 Å². The van der Waals surface area contributed by atoms with E-state index in [-0.39, 0.29) is 6.04 Å². The Morgan fingerprint density at radius 2 is 1.73 bits per heavy atom. The first-order valence-electron chi connectivity index (χ1n) is 5.11. The highest BCUT2D eigenvalue weighted by molar-refractivity contribution is 5.86. The number of hydrogen-bond donors (Lipinski definition) is 2. The van der Waals surface area contributed by atoms with E-state index < -0.39 is 6.10 Å². The summed E-state index contributed by atoms with van der Waals surface area (Å²) in [6.45, 7) is 1.71. The van der Waals surface area contributed by atoms with Crippen LogP contribution >= 0.6 is 0 Å². The van der Waals surface area contributed by atoms with Crippen LogP contribution in [0.4, 0.5) is 0 Å². The zero-order chi connectivity index (χ0) is 10.8. The van der Waals surface area contributed by atoms with Crippen LogP contribution in [0.15, 0.2) is 42.5 Å². The Morgan fingerprint density at radius 3 is 2.47 bits per heavy atom. The zero-order valence-electron chi connectivity index (χ0n) is 8.72. The Morgan fingerprint density at radius 1 is 1.07 bits per heavy atom. The monoisotopic (exact) mass is 201 g/mol. The minimum atomic E-state index is -0.532. The van der Waals surface area contributed by atoms with Crippen LogP contribution in [0.2, 0.25) is 0 Å². The van der Waals surface area contributed by atoms with Gasteiger partial charge in [0.25, 0.3) is 0 Å². The maximum absolute atomic E-state index is 9.51. The van der Waals surface area contributed by atoms with Crippen molar-refractivity contribution < 1.29 is 5.11 Å². The molecule has 2 unspecified atom stereocenters. The number of rotatable bonds is 2. The molecular formula is C13H15NO. The van der Waals surface area contributed by atoms with Gasteiger partial charge in [0.1, 0.15) is 0 Å². The lowest BCUT2D eigenvalue weighted by Gasteiger charge is -2.17. The molecule has 0 aliphatic carbocycles. The molecule has 0 bridgehead atoms. The average Bonchev–Trinajstić information content (AvgIpc) is 2.27. The molecule has 0 aliphatic heterocycles. The van der Waals surface area contributed by atoms with Crippen LogP contribution in [0, 0.1) is 0 Å². The summed E-state index contributed by atoms with van der Waals surface area (Å²) in [5, 5.41) is 11.8. The van der Waals surface area contributed by atoms with E-state index in [9.17, 15) is 5.11 Å². The van der Waals surface area contributed by atoms with Crippen molar-refractivity contribution in [3.05, 3.63) is 48.0 Å². The van der Waals surface area contributed by atoms with Gasteiger partial charge in [0.15, 0.2) is 0 Å². The standard InChI is InChI=1S/C13H15NO/c1-9(15)13(14)12-8-4-6-10-5-2-3-7-11(10)12/h2-9,13,15H,14H2,1H3. The summed E-state index contributed by atoms with van der Waals surface area (Å²) in [6.07, 6.45) is -0.532. The van der Waals surface area contributed by atoms with Crippen LogP contribution in [-0.4, -0.2) is 11.2 Å². The first-order valence-corrected chi connectivity index (χ1v) is 5.11. The van der Waals surface area contributed by atoms with Gasteiger partial charge >= 0.3 is 0 Å². The predicted molar refractivity (Wildman–Crippen MR) is 62.6 cm³/mol. The number of hydrogen-bond acceptors (Lipinski definition) is 2. The maximum atomic E-state index is 9.51. The molecule has 0 saturated heterocycles. The summed E-state index contributed by atoms with van der Waals surface area (Å²) in [5.74, 6) is 0. The molecule has 2 aromatic rings. The van der Waals surface area contributed by atoms with Crippen LogP contribution in [0.25, 0.3) is 10.8 Å². The van der Waals surface area contributed by atoms with Crippen molar-refractivity contribution in [1.82, 2.24) is 0 Å². The Labute approximate surface area is 89.3 Å². The largest absolute Gasteiger partial charge is 0.391 e. The molecule has 0 saturated carbocycles. The average molecular weight is 201 g/mol. The molecule has 3 N–H and O–H groups in total. The summed E-state index contributed by atoms with van der Waals surface area (Å²) in [4.78, 5) is 0. The first-order chi connectivity index (χ1) is 7.20. The van der Waals surface area contributed by atoms with Crippen LogP contribution in [-0.2, 0) is 0 Å². The van der Waals surface area contributed by atoms with Crippen molar-refractivity contribution in [1.29, 1.82) is 0 Å². The van der Waals surface area contributed by atoms with Gasteiger partial charge in [-0.05, 0) is 23.3 Å². The second-order valence-electron chi connectivity index (χ2n) is 3.83. The minimum absolute atomic E-state index is 0.323. The number of aliphatic hydroxyl groups excluding tert-OH is 1. The summed E-state index contributed by atoms with van der Waals surface area (Å²) < 4.78 is 0. The van der Waals surface area contributed by atoms with Crippen molar-refractivity contribution in [3.63, 3.8) is 0 Å². The highest BCUT2D eigenvalue weighted by Crippen LogP contribution is 2.24. The Kier molecular flexibility index (Phi) is 2.71. The van der Waals surface area contributed by atoms with Crippen molar-refractivity contribution in [2.45, 2.75) is 19.1 Å². The van der Waals surface area contributed by atoms with Crippen molar-refractivity contribution in [3.8, 4) is 0 Å². The fourth-order valence-corrected chi connectivity index (χ4v) is 1.80. The van der Waals surface area contributed by atoms with Crippen molar-refractivity contribution in [2.75, 3.05) is 0 Å². The molecular weight excluding hydrogens is 186 g/mol. The van der Waals surface area contributed by atoms with Crippen LogP contribution in [0.1, 0.15) is 18.5 Å². The van der Waals surface area contributed by atoms with Crippen molar-refractivity contribution in [2.24, 2.45) is 5.73 Å². The molecule has 0 heterocycles. The second kappa shape index (κ2) is 4.01. The summed E-state index contributed by atoms with van der Waals surface area (Å²) in [5.41, 5.74) is 6.96. The molecule has 0 aliphatic rings. The molecule has 2 aromatic carbocycles. The topological polar surface area (TPSA) is 46.2 Å². The highest BCUT2D eigenvalue weighted by atomic mass is 16.3. The minimum Gasteiger partial charge on any atom is -0.391 e. The Balaban J connectivity index is 2.60. The third-order valence-corrected chi connectivity index (χ3v) is 2.70. The van der Waals surface area contributed by atoms with Gasteiger partial charge < -0.3 is 10.8 Å². The van der Waals surface area contributed by atoms with Gasteiger partial charge in [0.2, 0.25) is 0 Å². The molecule has 2 rings (SSSR count). The van der Waals surface area contributed by atoms with Gasteiger partial charge in [0, 0.05) is 0 Å². The molecule has 0 radical (unpaired) electrons. The third-order valence-electron chi connectivity index (χ3n) is 2.70. The fraction of sp³-hybridized carbons (Fsp3) is 0.231. The Bertz CT molecular complexity index is 460.